The van der Waals surface area contributed by atoms with Crippen molar-refractivity contribution in [2.75, 3.05) is 6.79 Å². The van der Waals surface area contributed by atoms with Gasteiger partial charge in [-0.1, -0.05) is 43.3 Å². The Morgan fingerprint density at radius 3 is 2.70 bits per heavy atom. The Bertz CT molecular complexity index is 688. The van der Waals surface area contributed by atoms with Gasteiger partial charge in [0.25, 0.3) is 0 Å². The maximum atomic E-state index is 12.3. The van der Waals surface area contributed by atoms with Crippen LogP contribution in [0.25, 0.3) is 0 Å². The van der Waals surface area contributed by atoms with Crippen molar-refractivity contribution in [3.8, 4) is 11.5 Å². The number of nitrogens with one attached hydrogen (secondary N) is 1. The Labute approximate surface area is 135 Å². The van der Waals surface area contributed by atoms with Crippen LogP contribution >= 0.6 is 0 Å². The van der Waals surface area contributed by atoms with Crippen LogP contribution in [-0.4, -0.2) is 12.7 Å². The first-order valence-corrected chi connectivity index (χ1v) is 7.62. The first-order chi connectivity index (χ1) is 11.1. The predicted molar refractivity (Wildman–Crippen MR) is 86.9 cm³/mol. The Hall–Kier alpha value is -2.53. The fraction of sp³-hybridized carbons (Fsp3) is 0.278. The molecule has 5 heteroatoms. The fourth-order valence-corrected chi connectivity index (χ4v) is 2.53. The Balaban J connectivity index is 1.58. The summed E-state index contributed by atoms with van der Waals surface area (Å²) < 4.78 is 10.6. The summed E-state index contributed by atoms with van der Waals surface area (Å²) in [6.45, 7) is 2.52. The van der Waals surface area contributed by atoms with Crippen molar-refractivity contribution in [3.05, 3.63) is 59.7 Å². The molecule has 120 valence electrons. The Morgan fingerprint density at radius 2 is 1.91 bits per heavy atom. The van der Waals surface area contributed by atoms with Gasteiger partial charge in [-0.15, -0.1) is 0 Å². The molecular formula is C18H20N2O3. The van der Waals surface area contributed by atoms with Crippen LogP contribution in [-0.2, 0) is 11.3 Å². The number of fused-ring (bicyclic) bond motifs is 1. The number of carbonyl (C=O) groups is 1. The second-order valence-corrected chi connectivity index (χ2v) is 5.63. The van der Waals surface area contributed by atoms with E-state index in [1.54, 1.807) is 0 Å². The van der Waals surface area contributed by atoms with Crippen LogP contribution in [0.3, 0.4) is 0 Å². The zero-order valence-corrected chi connectivity index (χ0v) is 13.0. The third-order valence-corrected chi connectivity index (χ3v) is 4.04. The molecule has 2 aromatic carbocycles. The second-order valence-electron chi connectivity index (χ2n) is 5.63. The molecule has 3 rings (SSSR count). The molecular weight excluding hydrogens is 292 g/mol. The van der Waals surface area contributed by atoms with E-state index in [2.05, 4.69) is 5.32 Å². The molecule has 0 radical (unpaired) electrons. The van der Waals surface area contributed by atoms with Crippen LogP contribution in [0.4, 0.5) is 0 Å². The van der Waals surface area contributed by atoms with Gasteiger partial charge in [-0.05, 0) is 23.3 Å². The van der Waals surface area contributed by atoms with E-state index in [1.165, 1.54) is 0 Å². The molecule has 0 saturated heterocycles. The number of carbonyl (C=O) groups excluding carboxylic acids is 1. The summed E-state index contributed by atoms with van der Waals surface area (Å²) in [6.07, 6.45) is 0. The van der Waals surface area contributed by atoms with E-state index in [0.29, 0.717) is 12.3 Å². The van der Waals surface area contributed by atoms with Gasteiger partial charge < -0.3 is 20.5 Å². The minimum Gasteiger partial charge on any atom is -0.454 e. The van der Waals surface area contributed by atoms with E-state index in [1.807, 2.05) is 55.5 Å². The number of nitrogens with two attached hydrogens (primary N) is 1. The van der Waals surface area contributed by atoms with Gasteiger partial charge in [0.2, 0.25) is 12.7 Å². The first kappa shape index (κ1) is 15.4. The average Bonchev–Trinajstić information content (AvgIpc) is 3.06. The highest BCUT2D eigenvalue weighted by atomic mass is 16.7. The van der Waals surface area contributed by atoms with E-state index in [0.717, 1.165) is 16.9 Å². The largest absolute Gasteiger partial charge is 0.454 e. The maximum Gasteiger partial charge on any atom is 0.231 e. The maximum absolute atomic E-state index is 12.3. The molecule has 3 N–H and O–H groups in total. The molecule has 23 heavy (non-hydrogen) atoms. The zero-order valence-electron chi connectivity index (χ0n) is 13.0. The van der Waals surface area contributed by atoms with Gasteiger partial charge in [-0.2, -0.15) is 0 Å². The van der Waals surface area contributed by atoms with E-state index < -0.39 is 0 Å². The highest BCUT2D eigenvalue weighted by Crippen LogP contribution is 2.32. The molecule has 1 aliphatic rings. The molecule has 0 aromatic heterocycles. The fourth-order valence-electron chi connectivity index (χ4n) is 2.53. The summed E-state index contributed by atoms with van der Waals surface area (Å²) in [4.78, 5) is 12.3. The van der Waals surface area contributed by atoms with Gasteiger partial charge in [0.05, 0.1) is 5.92 Å². The molecule has 0 aliphatic carbocycles. The van der Waals surface area contributed by atoms with Crippen molar-refractivity contribution in [1.82, 2.24) is 5.32 Å². The molecule has 0 spiro atoms. The van der Waals surface area contributed by atoms with Gasteiger partial charge in [-0.3, -0.25) is 4.79 Å². The minimum atomic E-state index is -0.326. The smallest absolute Gasteiger partial charge is 0.231 e. The molecule has 0 fully saturated rings. The van der Waals surface area contributed by atoms with E-state index in [9.17, 15) is 4.79 Å². The standard InChI is InChI=1S/C18H20N2O3/c1-12(17(19)14-5-3-2-4-6-14)18(21)20-10-13-7-8-15-16(9-13)23-11-22-15/h2-9,12,17H,10-11,19H2,1H3,(H,20,21). The van der Waals surface area contributed by atoms with Gasteiger partial charge in [0, 0.05) is 12.6 Å². The van der Waals surface area contributed by atoms with E-state index >= 15 is 0 Å². The predicted octanol–water partition coefficient (Wildman–Crippen LogP) is 2.37. The molecule has 1 heterocycles. The summed E-state index contributed by atoms with van der Waals surface area (Å²) in [5.41, 5.74) is 8.10. The lowest BCUT2D eigenvalue weighted by Gasteiger charge is -2.20. The number of hydrogen-bond acceptors (Lipinski definition) is 4. The van der Waals surface area contributed by atoms with Crippen LogP contribution in [0.5, 0.6) is 11.5 Å². The lowest BCUT2D eigenvalue weighted by atomic mass is 9.94. The SMILES string of the molecule is CC(C(=O)NCc1ccc2c(c1)OCO2)C(N)c1ccccc1. The van der Waals surface area contributed by atoms with Crippen LogP contribution in [0.1, 0.15) is 24.1 Å². The van der Waals surface area contributed by atoms with Gasteiger partial charge in [0.1, 0.15) is 0 Å². The Kier molecular flexibility index (Phi) is 4.48. The van der Waals surface area contributed by atoms with Crippen LogP contribution in [0, 0.1) is 5.92 Å². The highest BCUT2D eigenvalue weighted by molar-refractivity contribution is 5.79. The average molecular weight is 312 g/mol. The van der Waals surface area contributed by atoms with Gasteiger partial charge in [-0.25, -0.2) is 0 Å². The van der Waals surface area contributed by atoms with Crippen molar-refractivity contribution in [2.45, 2.75) is 19.5 Å². The van der Waals surface area contributed by atoms with Crippen molar-refractivity contribution in [1.29, 1.82) is 0 Å². The molecule has 2 atom stereocenters. The van der Waals surface area contributed by atoms with Crippen molar-refractivity contribution >= 4 is 5.91 Å². The molecule has 2 aromatic rings. The molecule has 1 amide bonds. The zero-order chi connectivity index (χ0) is 16.2. The topological polar surface area (TPSA) is 73.6 Å². The van der Waals surface area contributed by atoms with Crippen molar-refractivity contribution < 1.29 is 14.3 Å². The molecule has 0 saturated carbocycles. The molecule has 5 nitrogen and oxygen atoms in total. The molecule has 2 unspecified atom stereocenters. The third kappa shape index (κ3) is 3.46. The van der Waals surface area contributed by atoms with Crippen molar-refractivity contribution in [3.63, 3.8) is 0 Å². The number of rotatable bonds is 5. The van der Waals surface area contributed by atoms with Crippen molar-refractivity contribution in [2.24, 2.45) is 11.7 Å². The summed E-state index contributed by atoms with van der Waals surface area (Å²) in [6, 6.07) is 15.0. The van der Waals surface area contributed by atoms with E-state index in [4.69, 9.17) is 15.2 Å². The summed E-state index contributed by atoms with van der Waals surface area (Å²) in [5.74, 6) is 1.07. The normalized spacial score (nSPS) is 15.0. The Morgan fingerprint density at radius 1 is 1.17 bits per heavy atom. The highest BCUT2D eigenvalue weighted by Gasteiger charge is 2.22. The molecule has 0 bridgehead atoms. The summed E-state index contributed by atoms with van der Waals surface area (Å²) in [5, 5.41) is 2.93. The first-order valence-electron chi connectivity index (χ1n) is 7.62. The summed E-state index contributed by atoms with van der Waals surface area (Å²) >= 11 is 0. The second kappa shape index (κ2) is 6.71. The monoisotopic (exact) mass is 312 g/mol. The third-order valence-electron chi connectivity index (χ3n) is 4.04. The lowest BCUT2D eigenvalue weighted by molar-refractivity contribution is -0.125. The number of ether oxygens (including phenoxy) is 2. The van der Waals surface area contributed by atoms with Gasteiger partial charge >= 0.3 is 0 Å². The number of hydrogen-bond donors (Lipinski definition) is 2. The van der Waals surface area contributed by atoms with Crippen LogP contribution < -0.4 is 20.5 Å². The van der Waals surface area contributed by atoms with E-state index in [-0.39, 0.29) is 24.7 Å². The number of benzene rings is 2. The van der Waals surface area contributed by atoms with Crippen LogP contribution in [0.15, 0.2) is 48.5 Å². The lowest BCUT2D eigenvalue weighted by Crippen LogP contribution is -2.35. The van der Waals surface area contributed by atoms with Crippen LogP contribution in [0.2, 0.25) is 0 Å². The van der Waals surface area contributed by atoms with Gasteiger partial charge in [0.15, 0.2) is 11.5 Å². The summed E-state index contributed by atoms with van der Waals surface area (Å²) in [7, 11) is 0. The molecule has 1 aliphatic heterocycles. The minimum absolute atomic E-state index is 0.0704. The quantitative estimate of drug-likeness (QED) is 0.889. The number of amides is 1.